The number of imide groups is 1. The Morgan fingerprint density at radius 1 is 0.738 bits per heavy atom. The minimum atomic E-state index is -0.438. The van der Waals surface area contributed by atoms with Crippen LogP contribution in [0.15, 0.2) is 41.5 Å². The molecule has 0 aliphatic carbocycles. The average molecular weight is 593 g/mol. The van der Waals surface area contributed by atoms with E-state index in [1.54, 1.807) is 38.3 Å². The summed E-state index contributed by atoms with van der Waals surface area (Å²) in [4.78, 5) is 48.2. The van der Waals surface area contributed by atoms with Gasteiger partial charge in [0, 0.05) is 37.9 Å². The van der Waals surface area contributed by atoms with Gasteiger partial charge in [-0.25, -0.2) is 5.43 Å². The standard InChI is InChI=1S/C28H40N4O10/c1-22(30-31-25(33)9-10-32-27(35)7-8-28(32)36)23-3-5-24(6-4-23)29-26(34)21-42-20-19-41-18-17-40-16-15-39-14-13-38-12-11-37-2/h3-8H,9-21H2,1-2H3,(H,29,34)(H,31,33)/b30-22+. The number of hydrazone groups is 1. The first kappa shape index (κ1) is 34.7. The van der Waals surface area contributed by atoms with E-state index >= 15 is 0 Å². The Balaban J connectivity index is 1.48. The molecule has 1 aliphatic heterocycles. The van der Waals surface area contributed by atoms with Crippen LogP contribution < -0.4 is 10.7 Å². The minimum Gasteiger partial charge on any atom is -0.382 e. The van der Waals surface area contributed by atoms with Crippen LogP contribution in [0.4, 0.5) is 5.69 Å². The summed E-state index contributed by atoms with van der Waals surface area (Å²) >= 11 is 0. The Kier molecular flexibility index (Phi) is 17.5. The number of nitrogens with zero attached hydrogens (tertiary/aromatic N) is 2. The van der Waals surface area contributed by atoms with E-state index in [9.17, 15) is 19.2 Å². The van der Waals surface area contributed by atoms with Crippen molar-refractivity contribution in [1.29, 1.82) is 0 Å². The first-order chi connectivity index (χ1) is 20.4. The van der Waals surface area contributed by atoms with Gasteiger partial charge in [0.25, 0.3) is 11.8 Å². The third-order valence-electron chi connectivity index (χ3n) is 5.55. The zero-order chi connectivity index (χ0) is 30.4. The van der Waals surface area contributed by atoms with Crippen LogP contribution in [0.25, 0.3) is 0 Å². The third kappa shape index (κ3) is 14.9. The molecule has 14 nitrogen and oxygen atoms in total. The molecule has 232 valence electrons. The molecular weight excluding hydrogens is 552 g/mol. The second-order valence-corrected chi connectivity index (χ2v) is 8.76. The van der Waals surface area contributed by atoms with Crippen molar-refractivity contribution < 1.29 is 47.6 Å². The lowest BCUT2D eigenvalue weighted by atomic mass is 10.1. The number of carbonyl (C=O) groups excluding carboxylic acids is 4. The number of methoxy groups -OCH3 is 1. The van der Waals surface area contributed by atoms with Gasteiger partial charge >= 0.3 is 0 Å². The second-order valence-electron chi connectivity index (χ2n) is 8.76. The van der Waals surface area contributed by atoms with Crippen molar-refractivity contribution in [1.82, 2.24) is 10.3 Å². The molecule has 1 aromatic carbocycles. The Labute approximate surface area is 245 Å². The molecule has 0 radical (unpaired) electrons. The number of amides is 4. The molecule has 4 amide bonds. The van der Waals surface area contributed by atoms with Crippen molar-refractivity contribution in [3.8, 4) is 0 Å². The van der Waals surface area contributed by atoms with E-state index in [4.69, 9.17) is 28.4 Å². The monoisotopic (exact) mass is 592 g/mol. The van der Waals surface area contributed by atoms with E-state index in [-0.39, 0.29) is 32.1 Å². The first-order valence-electron chi connectivity index (χ1n) is 13.5. The van der Waals surface area contributed by atoms with Crippen molar-refractivity contribution in [3.63, 3.8) is 0 Å². The topological polar surface area (TPSA) is 163 Å². The molecule has 1 heterocycles. The smallest absolute Gasteiger partial charge is 0.253 e. The fourth-order valence-electron chi connectivity index (χ4n) is 3.31. The number of hydrogen-bond acceptors (Lipinski definition) is 11. The van der Waals surface area contributed by atoms with Crippen LogP contribution in [-0.4, -0.2) is 121 Å². The maximum Gasteiger partial charge on any atom is 0.253 e. The molecule has 0 aromatic heterocycles. The van der Waals surface area contributed by atoms with Gasteiger partial charge in [-0.3, -0.25) is 24.1 Å². The van der Waals surface area contributed by atoms with Crippen molar-refractivity contribution in [2.24, 2.45) is 5.10 Å². The van der Waals surface area contributed by atoms with Crippen LogP contribution in [0, 0.1) is 0 Å². The zero-order valence-electron chi connectivity index (χ0n) is 24.1. The lowest BCUT2D eigenvalue weighted by molar-refractivity contribution is -0.137. The van der Waals surface area contributed by atoms with Gasteiger partial charge in [0.1, 0.15) is 6.61 Å². The molecule has 0 bridgehead atoms. The normalized spacial score (nSPS) is 13.2. The maximum atomic E-state index is 12.1. The van der Waals surface area contributed by atoms with Crippen LogP contribution in [0.5, 0.6) is 0 Å². The number of ether oxygens (including phenoxy) is 6. The highest BCUT2D eigenvalue weighted by Gasteiger charge is 2.23. The molecule has 0 saturated carbocycles. The fraction of sp³-hybridized carbons (Fsp3) is 0.536. The molecule has 0 saturated heterocycles. The predicted molar refractivity (Wildman–Crippen MR) is 152 cm³/mol. The van der Waals surface area contributed by atoms with Crippen LogP contribution in [-0.2, 0) is 47.6 Å². The highest BCUT2D eigenvalue weighted by atomic mass is 16.6. The number of benzene rings is 1. The van der Waals surface area contributed by atoms with Gasteiger partial charge in [0.05, 0.1) is 71.8 Å². The largest absolute Gasteiger partial charge is 0.382 e. The summed E-state index contributed by atoms with van der Waals surface area (Å²) in [6.45, 7) is 6.10. The summed E-state index contributed by atoms with van der Waals surface area (Å²) in [6, 6.07) is 6.90. The van der Waals surface area contributed by atoms with Gasteiger partial charge in [-0.1, -0.05) is 12.1 Å². The predicted octanol–water partition coefficient (Wildman–Crippen LogP) is 0.510. The molecule has 0 fully saturated rings. The molecule has 0 spiro atoms. The highest BCUT2D eigenvalue weighted by Crippen LogP contribution is 2.10. The molecule has 42 heavy (non-hydrogen) atoms. The number of nitrogens with one attached hydrogen (secondary N) is 2. The second kappa shape index (κ2) is 21.2. The Morgan fingerprint density at radius 2 is 1.24 bits per heavy atom. The number of carbonyl (C=O) groups is 4. The van der Waals surface area contributed by atoms with Gasteiger partial charge in [-0.15, -0.1) is 0 Å². The zero-order valence-corrected chi connectivity index (χ0v) is 24.1. The van der Waals surface area contributed by atoms with Crippen molar-refractivity contribution in [2.45, 2.75) is 13.3 Å². The van der Waals surface area contributed by atoms with Gasteiger partial charge in [0.15, 0.2) is 0 Å². The fourth-order valence-corrected chi connectivity index (χ4v) is 3.31. The summed E-state index contributed by atoms with van der Waals surface area (Å²) in [5.41, 5.74) is 4.26. The van der Waals surface area contributed by atoms with Crippen molar-refractivity contribution in [2.75, 3.05) is 91.6 Å². The van der Waals surface area contributed by atoms with Gasteiger partial charge in [0.2, 0.25) is 11.8 Å². The number of rotatable bonds is 23. The van der Waals surface area contributed by atoms with E-state index in [0.717, 1.165) is 10.5 Å². The molecule has 2 rings (SSSR count). The van der Waals surface area contributed by atoms with Crippen LogP contribution >= 0.6 is 0 Å². The third-order valence-corrected chi connectivity index (χ3v) is 5.55. The average Bonchev–Trinajstić information content (AvgIpc) is 3.31. The SMILES string of the molecule is COCCOCCOCCOCCOCCOCC(=O)Nc1ccc(/C(C)=N/NC(=O)CCN2C(=O)C=CC2=O)cc1. The molecule has 1 aliphatic rings. The van der Waals surface area contributed by atoms with E-state index in [1.807, 2.05) is 0 Å². The summed E-state index contributed by atoms with van der Waals surface area (Å²) in [7, 11) is 1.62. The lowest BCUT2D eigenvalue weighted by Crippen LogP contribution is -2.33. The first-order valence-corrected chi connectivity index (χ1v) is 13.5. The van der Waals surface area contributed by atoms with Crippen LogP contribution in [0.1, 0.15) is 18.9 Å². The van der Waals surface area contributed by atoms with Gasteiger partial charge in [-0.05, 0) is 24.6 Å². The van der Waals surface area contributed by atoms with Gasteiger partial charge < -0.3 is 33.7 Å². The molecule has 0 unspecified atom stereocenters. The summed E-state index contributed by atoms with van der Waals surface area (Å²) in [5.74, 6) is -1.61. The number of anilines is 1. The van der Waals surface area contributed by atoms with Crippen molar-refractivity contribution >= 4 is 35.0 Å². The van der Waals surface area contributed by atoms with Crippen LogP contribution in [0.3, 0.4) is 0 Å². The minimum absolute atomic E-state index is 0.0184. The van der Waals surface area contributed by atoms with E-state index in [1.165, 1.54) is 12.2 Å². The van der Waals surface area contributed by atoms with Crippen molar-refractivity contribution in [3.05, 3.63) is 42.0 Å². The molecule has 14 heteroatoms. The Morgan fingerprint density at radius 3 is 1.76 bits per heavy atom. The molecular formula is C28H40N4O10. The molecule has 2 N–H and O–H groups in total. The Bertz CT molecular complexity index is 1030. The summed E-state index contributed by atoms with van der Waals surface area (Å²) < 4.78 is 31.7. The van der Waals surface area contributed by atoms with Crippen LogP contribution in [0.2, 0.25) is 0 Å². The highest BCUT2D eigenvalue weighted by molar-refractivity contribution is 6.13. The Hall–Kier alpha value is -3.53. The quantitative estimate of drug-likeness (QED) is 0.0792. The van der Waals surface area contributed by atoms with E-state index in [2.05, 4.69) is 15.8 Å². The lowest BCUT2D eigenvalue weighted by Gasteiger charge is -2.12. The summed E-state index contributed by atoms with van der Waals surface area (Å²) in [5, 5.41) is 6.78. The van der Waals surface area contributed by atoms with Gasteiger partial charge in [-0.2, -0.15) is 5.10 Å². The summed E-state index contributed by atoms with van der Waals surface area (Å²) in [6.07, 6.45) is 2.27. The number of hydrogen-bond donors (Lipinski definition) is 2. The van der Waals surface area contributed by atoms with E-state index in [0.29, 0.717) is 70.9 Å². The molecule has 1 aromatic rings. The molecule has 0 atom stereocenters. The van der Waals surface area contributed by atoms with E-state index < -0.39 is 17.7 Å². The maximum absolute atomic E-state index is 12.1.